The van der Waals surface area contributed by atoms with Crippen molar-refractivity contribution in [2.24, 2.45) is 5.10 Å². The van der Waals surface area contributed by atoms with Gasteiger partial charge in [-0.2, -0.15) is 5.10 Å². The van der Waals surface area contributed by atoms with Crippen LogP contribution in [0.15, 0.2) is 5.10 Å². The van der Waals surface area contributed by atoms with E-state index in [2.05, 4.69) is 10.5 Å². The maximum absolute atomic E-state index is 9.90. The number of aliphatic carboxylic acids is 1. The standard InChI is InChI=1S/C4H8N2O4S/c7-4(8)1-2-5-6-3-11(9)10/h3,5H,1-2H2,(H,7,8)(H,9,10)/b6-3+. The van der Waals surface area contributed by atoms with Gasteiger partial charge in [0.1, 0.15) is 5.55 Å². The van der Waals surface area contributed by atoms with Crippen molar-refractivity contribution in [1.82, 2.24) is 5.43 Å². The third kappa shape index (κ3) is 9.05. The molecule has 0 heterocycles. The van der Waals surface area contributed by atoms with Crippen LogP contribution in [0.1, 0.15) is 6.42 Å². The van der Waals surface area contributed by atoms with E-state index in [0.717, 1.165) is 5.55 Å². The molecule has 0 saturated heterocycles. The highest BCUT2D eigenvalue weighted by Crippen LogP contribution is 1.74. The number of carboxylic acid groups (broad SMARTS) is 1. The Hall–Kier alpha value is -0.950. The second kappa shape index (κ2) is 5.81. The molecular formula is C4H8N2O4S. The van der Waals surface area contributed by atoms with E-state index >= 15 is 0 Å². The monoisotopic (exact) mass is 180 g/mol. The maximum atomic E-state index is 9.90. The van der Waals surface area contributed by atoms with E-state index in [9.17, 15) is 9.00 Å². The van der Waals surface area contributed by atoms with Gasteiger partial charge in [-0.25, -0.2) is 4.21 Å². The average molecular weight is 180 g/mol. The number of rotatable bonds is 5. The molecule has 64 valence electrons. The molecule has 6 nitrogen and oxygen atoms in total. The second-order valence-electron chi connectivity index (χ2n) is 1.56. The highest BCUT2D eigenvalue weighted by Gasteiger charge is 1.92. The van der Waals surface area contributed by atoms with E-state index in [-0.39, 0.29) is 13.0 Å². The molecule has 0 amide bonds. The van der Waals surface area contributed by atoms with E-state index in [0.29, 0.717) is 0 Å². The second-order valence-corrected chi connectivity index (χ2v) is 2.33. The summed E-state index contributed by atoms with van der Waals surface area (Å²) in [5.74, 6) is -0.946. The lowest BCUT2D eigenvalue weighted by Gasteiger charge is -1.93. The first-order valence-electron chi connectivity index (χ1n) is 2.70. The van der Waals surface area contributed by atoms with Crippen LogP contribution < -0.4 is 5.43 Å². The Morgan fingerprint density at radius 1 is 1.73 bits per heavy atom. The summed E-state index contributed by atoms with van der Waals surface area (Å²) >= 11 is -2.08. The summed E-state index contributed by atoms with van der Waals surface area (Å²) in [5, 5.41) is 11.4. The maximum Gasteiger partial charge on any atom is 0.305 e. The van der Waals surface area contributed by atoms with Gasteiger partial charge in [-0.15, -0.1) is 0 Å². The van der Waals surface area contributed by atoms with Crippen molar-refractivity contribution in [2.45, 2.75) is 6.42 Å². The van der Waals surface area contributed by atoms with Gasteiger partial charge in [-0.05, 0) is 0 Å². The molecule has 0 aliphatic rings. The first-order chi connectivity index (χ1) is 5.13. The number of hydrogen-bond acceptors (Lipinski definition) is 4. The van der Waals surface area contributed by atoms with Crippen LogP contribution in [0.4, 0.5) is 0 Å². The van der Waals surface area contributed by atoms with Gasteiger partial charge in [0.05, 0.1) is 6.42 Å². The van der Waals surface area contributed by atoms with Crippen molar-refractivity contribution in [3.8, 4) is 0 Å². The third-order valence-electron chi connectivity index (χ3n) is 0.685. The lowest BCUT2D eigenvalue weighted by atomic mass is 10.4. The van der Waals surface area contributed by atoms with Crippen molar-refractivity contribution in [3.63, 3.8) is 0 Å². The molecule has 7 heteroatoms. The molecule has 0 aliphatic carbocycles. The molecule has 0 rings (SSSR count). The quantitative estimate of drug-likeness (QED) is 0.169. The Bertz CT molecular complexity index is 181. The lowest BCUT2D eigenvalue weighted by molar-refractivity contribution is -0.136. The summed E-state index contributed by atoms with van der Waals surface area (Å²) in [4.78, 5) is 9.90. The van der Waals surface area contributed by atoms with Gasteiger partial charge < -0.3 is 15.1 Å². The van der Waals surface area contributed by atoms with E-state index < -0.39 is 17.0 Å². The van der Waals surface area contributed by atoms with Gasteiger partial charge in [0, 0.05) is 6.54 Å². The molecule has 0 bridgehead atoms. The summed E-state index contributed by atoms with van der Waals surface area (Å²) in [6.45, 7) is 0.142. The Kier molecular flexibility index (Phi) is 5.30. The topological polar surface area (TPSA) is 99.0 Å². The SMILES string of the molecule is O=C(O)CCN/N=C/S(=O)O. The molecule has 3 N–H and O–H groups in total. The van der Waals surface area contributed by atoms with Crippen molar-refractivity contribution in [2.75, 3.05) is 6.54 Å². The van der Waals surface area contributed by atoms with Crippen LogP contribution in [0.3, 0.4) is 0 Å². The molecule has 0 fully saturated rings. The van der Waals surface area contributed by atoms with Crippen molar-refractivity contribution >= 4 is 22.6 Å². The largest absolute Gasteiger partial charge is 0.481 e. The Balaban J connectivity index is 3.27. The first kappa shape index (κ1) is 10.0. The number of nitrogens with zero attached hydrogens (tertiary/aromatic N) is 1. The molecule has 1 atom stereocenters. The molecule has 0 spiro atoms. The van der Waals surface area contributed by atoms with Crippen LogP contribution in [-0.2, 0) is 15.9 Å². The third-order valence-corrected chi connectivity index (χ3v) is 0.971. The van der Waals surface area contributed by atoms with E-state index in [4.69, 9.17) is 9.66 Å². The molecular weight excluding hydrogens is 172 g/mol. The number of hydrogen-bond donors (Lipinski definition) is 3. The molecule has 0 saturated carbocycles. The zero-order chi connectivity index (χ0) is 8.69. The number of nitrogens with one attached hydrogen (secondary N) is 1. The average Bonchev–Trinajstić information content (AvgIpc) is 1.85. The van der Waals surface area contributed by atoms with Crippen LogP contribution in [0.25, 0.3) is 0 Å². The van der Waals surface area contributed by atoms with E-state index in [1.165, 1.54) is 0 Å². The van der Waals surface area contributed by atoms with Crippen LogP contribution in [0.5, 0.6) is 0 Å². The van der Waals surface area contributed by atoms with Gasteiger partial charge in [0.2, 0.25) is 0 Å². The summed E-state index contributed by atoms with van der Waals surface area (Å²) in [6.07, 6.45) is -0.0740. The molecule has 0 radical (unpaired) electrons. The van der Waals surface area contributed by atoms with Gasteiger partial charge in [-0.3, -0.25) is 4.79 Å². The van der Waals surface area contributed by atoms with Gasteiger partial charge in [0.15, 0.2) is 11.1 Å². The van der Waals surface area contributed by atoms with E-state index in [1.807, 2.05) is 0 Å². The van der Waals surface area contributed by atoms with Gasteiger partial charge in [0.25, 0.3) is 0 Å². The van der Waals surface area contributed by atoms with Crippen LogP contribution in [0.2, 0.25) is 0 Å². The Morgan fingerprint density at radius 2 is 2.36 bits per heavy atom. The fraction of sp³-hybridized carbons (Fsp3) is 0.500. The summed E-state index contributed by atoms with van der Waals surface area (Å²) in [6, 6.07) is 0. The van der Waals surface area contributed by atoms with Gasteiger partial charge >= 0.3 is 5.97 Å². The summed E-state index contributed by atoms with van der Waals surface area (Å²) in [5.41, 5.74) is 3.05. The van der Waals surface area contributed by atoms with Crippen LogP contribution >= 0.6 is 0 Å². The van der Waals surface area contributed by atoms with Crippen LogP contribution in [0, 0.1) is 0 Å². The number of carbonyl (C=O) groups is 1. The Labute approximate surface area is 65.6 Å². The van der Waals surface area contributed by atoms with Crippen molar-refractivity contribution in [1.29, 1.82) is 0 Å². The summed E-state index contributed by atoms with van der Waals surface area (Å²) < 4.78 is 18.0. The lowest BCUT2D eigenvalue weighted by Crippen LogP contribution is -2.12. The van der Waals surface area contributed by atoms with E-state index in [1.54, 1.807) is 0 Å². The van der Waals surface area contributed by atoms with Gasteiger partial charge in [-0.1, -0.05) is 0 Å². The van der Waals surface area contributed by atoms with Crippen molar-refractivity contribution in [3.05, 3.63) is 0 Å². The Morgan fingerprint density at radius 3 is 2.82 bits per heavy atom. The zero-order valence-electron chi connectivity index (χ0n) is 5.56. The van der Waals surface area contributed by atoms with Crippen LogP contribution in [-0.4, -0.2) is 31.9 Å². The first-order valence-corrected chi connectivity index (χ1v) is 3.87. The molecule has 0 aliphatic heterocycles. The number of carboxylic acids is 1. The van der Waals surface area contributed by atoms with Crippen molar-refractivity contribution < 1.29 is 18.7 Å². The highest BCUT2D eigenvalue weighted by molar-refractivity contribution is 7.93. The molecule has 1 unspecified atom stereocenters. The normalized spacial score (nSPS) is 13.2. The molecule has 0 aromatic carbocycles. The fourth-order valence-electron chi connectivity index (χ4n) is 0.310. The smallest absolute Gasteiger partial charge is 0.305 e. The highest BCUT2D eigenvalue weighted by atomic mass is 32.2. The fourth-order valence-corrected chi connectivity index (χ4v) is 0.474. The molecule has 11 heavy (non-hydrogen) atoms. The minimum Gasteiger partial charge on any atom is -0.481 e. The summed E-state index contributed by atoms with van der Waals surface area (Å²) in [7, 11) is 0. The predicted molar refractivity (Wildman–Crippen MR) is 39.5 cm³/mol. The molecule has 0 aromatic heterocycles. The number of hydrazone groups is 1. The predicted octanol–water partition coefficient (Wildman–Crippen LogP) is -0.784. The zero-order valence-corrected chi connectivity index (χ0v) is 6.37. The molecule has 0 aromatic rings. The minimum atomic E-state index is -2.08. The minimum absolute atomic E-state index is 0.0740.